The van der Waals surface area contributed by atoms with Crippen LogP contribution >= 0.6 is 0 Å². The molecule has 0 aliphatic heterocycles. The summed E-state index contributed by atoms with van der Waals surface area (Å²) in [5.41, 5.74) is 2.97. The summed E-state index contributed by atoms with van der Waals surface area (Å²) >= 11 is 0. The van der Waals surface area contributed by atoms with Crippen molar-refractivity contribution in [1.82, 2.24) is 0 Å². The average molecular weight is 186 g/mol. The molecular weight excluding hydrogens is 172 g/mol. The van der Waals surface area contributed by atoms with Gasteiger partial charge in [0.1, 0.15) is 5.75 Å². The van der Waals surface area contributed by atoms with E-state index in [0.717, 1.165) is 16.7 Å². The van der Waals surface area contributed by atoms with E-state index >= 15 is 0 Å². The molecular formula is C13H14O. The molecule has 1 rings (SSSR count). The Hall–Kier alpha value is -1.76. The summed E-state index contributed by atoms with van der Waals surface area (Å²) in [6.07, 6.45) is 5.47. The molecule has 0 fully saturated rings. The van der Waals surface area contributed by atoms with Gasteiger partial charge >= 0.3 is 0 Å². The summed E-state index contributed by atoms with van der Waals surface area (Å²) < 4.78 is 0. The second-order valence-electron chi connectivity index (χ2n) is 3.15. The van der Waals surface area contributed by atoms with Crippen molar-refractivity contribution in [1.29, 1.82) is 0 Å². The third-order valence-corrected chi connectivity index (χ3v) is 2.00. The Morgan fingerprint density at radius 2 is 2.14 bits per heavy atom. The van der Waals surface area contributed by atoms with E-state index in [1.165, 1.54) is 0 Å². The molecule has 14 heavy (non-hydrogen) atoms. The van der Waals surface area contributed by atoms with Crippen LogP contribution < -0.4 is 0 Å². The van der Waals surface area contributed by atoms with Crippen LogP contribution in [0, 0.1) is 6.92 Å². The number of phenolic OH excluding ortho intramolecular Hbond substituents is 1. The van der Waals surface area contributed by atoms with Crippen LogP contribution in [0.25, 0.3) is 6.08 Å². The first kappa shape index (κ1) is 10.3. The summed E-state index contributed by atoms with van der Waals surface area (Å²) in [6, 6.07) is 5.28. The molecule has 0 saturated heterocycles. The molecule has 0 heterocycles. The van der Waals surface area contributed by atoms with Crippen molar-refractivity contribution in [3.63, 3.8) is 0 Å². The largest absolute Gasteiger partial charge is 0.508 e. The van der Waals surface area contributed by atoms with Gasteiger partial charge < -0.3 is 5.11 Å². The monoisotopic (exact) mass is 186 g/mol. The molecule has 1 aromatic carbocycles. The number of rotatable bonds is 3. The van der Waals surface area contributed by atoms with Gasteiger partial charge in [-0.3, -0.25) is 0 Å². The Kier molecular flexibility index (Phi) is 3.29. The van der Waals surface area contributed by atoms with Gasteiger partial charge in [-0.25, -0.2) is 0 Å². The molecule has 0 amide bonds. The van der Waals surface area contributed by atoms with Gasteiger partial charge in [0.05, 0.1) is 0 Å². The number of phenols is 1. The lowest BCUT2D eigenvalue weighted by molar-refractivity contribution is 0.475. The van der Waals surface area contributed by atoms with Crippen LogP contribution in [0.1, 0.15) is 11.1 Å². The van der Waals surface area contributed by atoms with Crippen molar-refractivity contribution >= 4 is 6.08 Å². The van der Waals surface area contributed by atoms with Crippen molar-refractivity contribution < 1.29 is 5.11 Å². The highest BCUT2D eigenvalue weighted by molar-refractivity contribution is 5.58. The summed E-state index contributed by atoms with van der Waals surface area (Å²) in [7, 11) is 0. The third-order valence-electron chi connectivity index (χ3n) is 2.00. The zero-order valence-corrected chi connectivity index (χ0v) is 8.33. The van der Waals surface area contributed by atoms with Crippen LogP contribution in [0.3, 0.4) is 0 Å². The highest BCUT2D eigenvalue weighted by Gasteiger charge is 1.95. The van der Waals surface area contributed by atoms with Gasteiger partial charge in [0.15, 0.2) is 0 Å². The van der Waals surface area contributed by atoms with Crippen molar-refractivity contribution in [3.05, 3.63) is 60.2 Å². The highest BCUT2D eigenvalue weighted by atomic mass is 16.3. The lowest BCUT2D eigenvalue weighted by Crippen LogP contribution is -1.79. The Bertz CT molecular complexity index is 386. The van der Waals surface area contributed by atoms with Gasteiger partial charge in [0.2, 0.25) is 0 Å². The minimum absolute atomic E-state index is 0.277. The van der Waals surface area contributed by atoms with E-state index in [1.54, 1.807) is 18.2 Å². The van der Waals surface area contributed by atoms with Gasteiger partial charge in [-0.05, 0) is 35.8 Å². The minimum atomic E-state index is 0.277. The number of allylic oxidation sites excluding steroid dienone is 3. The second kappa shape index (κ2) is 4.47. The smallest absolute Gasteiger partial charge is 0.116 e. The van der Waals surface area contributed by atoms with Crippen LogP contribution in [0.5, 0.6) is 5.75 Å². The zero-order chi connectivity index (χ0) is 10.6. The van der Waals surface area contributed by atoms with Crippen molar-refractivity contribution in [2.45, 2.75) is 6.92 Å². The predicted molar refractivity (Wildman–Crippen MR) is 61.2 cm³/mol. The Morgan fingerprint density at radius 3 is 2.79 bits per heavy atom. The van der Waals surface area contributed by atoms with E-state index in [4.69, 9.17) is 0 Å². The molecule has 0 aromatic heterocycles. The minimum Gasteiger partial charge on any atom is -0.508 e. The second-order valence-corrected chi connectivity index (χ2v) is 3.15. The first-order chi connectivity index (χ1) is 6.63. The third kappa shape index (κ3) is 2.63. The molecule has 0 radical (unpaired) electrons. The molecule has 0 unspecified atom stereocenters. The Labute approximate surface area is 84.7 Å². The molecule has 1 aromatic rings. The number of aromatic hydroxyl groups is 1. The predicted octanol–water partition coefficient (Wildman–Crippen LogP) is 3.46. The van der Waals surface area contributed by atoms with Crippen molar-refractivity contribution in [2.75, 3.05) is 0 Å². The van der Waals surface area contributed by atoms with Crippen LogP contribution in [-0.4, -0.2) is 5.11 Å². The molecule has 0 atom stereocenters. The molecule has 1 heteroatoms. The van der Waals surface area contributed by atoms with Crippen LogP contribution in [-0.2, 0) is 0 Å². The molecule has 1 N–H and O–H groups in total. The van der Waals surface area contributed by atoms with E-state index < -0.39 is 0 Å². The topological polar surface area (TPSA) is 20.2 Å². The quantitative estimate of drug-likeness (QED) is 0.717. The first-order valence-electron chi connectivity index (χ1n) is 4.42. The van der Waals surface area contributed by atoms with E-state index in [0.29, 0.717) is 0 Å². The normalized spacial score (nSPS) is 10.4. The van der Waals surface area contributed by atoms with Crippen LogP contribution in [0.15, 0.2) is 49.1 Å². The van der Waals surface area contributed by atoms with E-state index in [1.807, 2.05) is 25.1 Å². The number of benzene rings is 1. The maximum atomic E-state index is 9.28. The van der Waals surface area contributed by atoms with Crippen LogP contribution in [0.2, 0.25) is 0 Å². The van der Waals surface area contributed by atoms with Gasteiger partial charge in [-0.15, -0.1) is 0 Å². The van der Waals surface area contributed by atoms with Crippen molar-refractivity contribution in [2.24, 2.45) is 0 Å². The maximum Gasteiger partial charge on any atom is 0.116 e. The lowest BCUT2D eigenvalue weighted by Gasteiger charge is -2.00. The van der Waals surface area contributed by atoms with E-state index in [9.17, 15) is 5.11 Å². The van der Waals surface area contributed by atoms with E-state index in [-0.39, 0.29) is 5.75 Å². The van der Waals surface area contributed by atoms with Gasteiger partial charge in [0.25, 0.3) is 0 Å². The lowest BCUT2D eigenvalue weighted by atomic mass is 10.1. The molecule has 0 aliphatic rings. The number of aryl methyl sites for hydroxylation is 1. The molecule has 72 valence electrons. The maximum absolute atomic E-state index is 9.28. The van der Waals surface area contributed by atoms with Gasteiger partial charge in [0, 0.05) is 0 Å². The van der Waals surface area contributed by atoms with Gasteiger partial charge in [-0.2, -0.15) is 0 Å². The fourth-order valence-corrected chi connectivity index (χ4v) is 1.07. The summed E-state index contributed by atoms with van der Waals surface area (Å²) in [6.45, 7) is 9.38. The Morgan fingerprint density at radius 1 is 1.43 bits per heavy atom. The van der Waals surface area contributed by atoms with Crippen molar-refractivity contribution in [3.8, 4) is 5.75 Å². The molecule has 0 saturated carbocycles. The number of hydrogen-bond donors (Lipinski definition) is 1. The van der Waals surface area contributed by atoms with Crippen LogP contribution in [0.4, 0.5) is 0 Å². The SMILES string of the molecule is C=CC(=C)/C=C\c1cc(O)ccc1C. The summed E-state index contributed by atoms with van der Waals surface area (Å²) in [5.74, 6) is 0.277. The fraction of sp³-hybridized carbons (Fsp3) is 0.0769. The van der Waals surface area contributed by atoms with Gasteiger partial charge in [-0.1, -0.05) is 37.5 Å². The standard InChI is InChI=1S/C13H14O/c1-4-10(2)5-7-12-9-13(14)8-6-11(12)3/h4-9,14H,1-2H2,3H3/b7-5-. The summed E-state index contributed by atoms with van der Waals surface area (Å²) in [5, 5.41) is 9.28. The average Bonchev–Trinajstić information content (AvgIpc) is 2.19. The van der Waals surface area contributed by atoms with E-state index in [2.05, 4.69) is 13.2 Å². The molecule has 0 spiro atoms. The first-order valence-corrected chi connectivity index (χ1v) is 4.42. The fourth-order valence-electron chi connectivity index (χ4n) is 1.07. The highest BCUT2D eigenvalue weighted by Crippen LogP contribution is 2.17. The summed E-state index contributed by atoms with van der Waals surface area (Å²) in [4.78, 5) is 0. The zero-order valence-electron chi connectivity index (χ0n) is 8.33. The molecule has 1 nitrogen and oxygen atoms in total. The molecule has 0 bridgehead atoms. The number of hydrogen-bond acceptors (Lipinski definition) is 1. The Balaban J connectivity index is 2.96. The molecule has 0 aliphatic carbocycles.